The van der Waals surface area contributed by atoms with Crippen molar-refractivity contribution in [1.82, 2.24) is 0 Å². The van der Waals surface area contributed by atoms with Crippen LogP contribution in [0.25, 0.3) is 66.1 Å². The van der Waals surface area contributed by atoms with Gasteiger partial charge in [0, 0.05) is 9.52 Å². The molecule has 2 radical (unpaired) electrons. The second-order valence-corrected chi connectivity index (χ2v) is 14.8. The Labute approximate surface area is 333 Å². The van der Waals surface area contributed by atoms with Crippen LogP contribution in [0.4, 0.5) is 0 Å². The van der Waals surface area contributed by atoms with Crippen molar-refractivity contribution in [3.05, 3.63) is 181 Å². The van der Waals surface area contributed by atoms with Gasteiger partial charge in [-0.05, 0) is 45.2 Å². The Bertz CT molecular complexity index is 2140. The molecule has 256 valence electrons. The van der Waals surface area contributed by atoms with Crippen molar-refractivity contribution < 1.29 is 26.2 Å². The Morgan fingerprint density at radius 2 is 0.692 bits per heavy atom. The molecule has 0 aliphatic carbocycles. The minimum atomic E-state index is 0. The van der Waals surface area contributed by atoms with Gasteiger partial charge in [0.15, 0.2) is 0 Å². The summed E-state index contributed by atoms with van der Waals surface area (Å²) in [4.78, 5) is 0. The van der Waals surface area contributed by atoms with Crippen LogP contribution in [0.3, 0.4) is 0 Å². The van der Waals surface area contributed by atoms with Crippen LogP contribution in [0.5, 0.6) is 0 Å². The van der Waals surface area contributed by atoms with Crippen LogP contribution < -0.4 is 0 Å². The van der Waals surface area contributed by atoms with E-state index >= 15 is 0 Å². The van der Waals surface area contributed by atoms with Crippen LogP contribution in [0, 0.1) is 0 Å². The zero-order valence-corrected chi connectivity index (χ0v) is 34.8. The summed E-state index contributed by atoms with van der Waals surface area (Å²) in [5.74, 6) is 1.10. The van der Waals surface area contributed by atoms with Crippen molar-refractivity contribution in [1.29, 1.82) is 0 Å². The zero-order chi connectivity index (χ0) is 35.7. The number of fused-ring (bicyclic) bond motifs is 2. The third-order valence-corrected chi connectivity index (χ3v) is 9.48. The molecule has 0 bridgehead atoms. The van der Waals surface area contributed by atoms with Crippen molar-refractivity contribution >= 4 is 31.1 Å². The average molecular weight is 768 g/mol. The summed E-state index contributed by atoms with van der Waals surface area (Å²) in [6, 6.07) is 61.3. The molecule has 0 spiro atoms. The largest absolute Gasteiger partial charge is 2.00 e. The number of hydrogen-bond donors (Lipinski definition) is 0. The minimum absolute atomic E-state index is 0. The predicted molar refractivity (Wildman–Crippen MR) is 226 cm³/mol. The van der Waals surface area contributed by atoms with E-state index in [0.29, 0.717) is 11.8 Å². The topological polar surface area (TPSA) is 0 Å². The van der Waals surface area contributed by atoms with Crippen molar-refractivity contribution in [2.24, 2.45) is 0 Å². The quantitative estimate of drug-likeness (QED) is 0.117. The van der Waals surface area contributed by atoms with E-state index in [2.05, 4.69) is 211 Å². The van der Waals surface area contributed by atoms with E-state index in [1.807, 2.05) is 0 Å². The van der Waals surface area contributed by atoms with Gasteiger partial charge in [-0.2, -0.15) is 12.1 Å². The Morgan fingerprint density at radius 1 is 0.385 bits per heavy atom. The fourth-order valence-corrected chi connectivity index (χ4v) is 6.83. The summed E-state index contributed by atoms with van der Waals surface area (Å²) in [5.41, 5.74) is 13.2. The number of benzene rings is 6. The molecule has 8 aromatic rings. The third-order valence-electron chi connectivity index (χ3n) is 9.48. The van der Waals surface area contributed by atoms with Crippen LogP contribution in [0.2, 0.25) is 13.1 Å². The van der Waals surface area contributed by atoms with Gasteiger partial charge >= 0.3 is 26.2 Å². The number of hydrogen-bond acceptors (Lipinski definition) is 0. The molecule has 0 aliphatic rings. The Morgan fingerprint density at radius 3 is 1.04 bits per heavy atom. The monoisotopic (exact) mass is 766 g/mol. The first-order chi connectivity index (χ1) is 24.9. The van der Waals surface area contributed by atoms with Crippen LogP contribution >= 0.6 is 0 Å². The maximum Gasteiger partial charge on any atom is 2.00 e. The first-order valence-electron chi connectivity index (χ1n) is 18.2. The van der Waals surface area contributed by atoms with Crippen molar-refractivity contribution in [2.75, 3.05) is 0 Å². The molecule has 8 rings (SSSR count). The molecule has 0 amide bonds. The van der Waals surface area contributed by atoms with Crippen LogP contribution in [-0.2, 0) is 26.2 Å². The van der Waals surface area contributed by atoms with E-state index in [1.165, 1.54) is 77.2 Å². The molecule has 8 aromatic carbocycles. The molecule has 52 heavy (non-hydrogen) atoms. The summed E-state index contributed by atoms with van der Waals surface area (Å²) >= 11 is 0. The smallest absolute Gasteiger partial charge is 0.164 e. The summed E-state index contributed by atoms with van der Waals surface area (Å²) in [7, 11) is 1.08. The van der Waals surface area contributed by atoms with Gasteiger partial charge in [0.2, 0.25) is 0 Å². The maximum absolute atomic E-state index is 2.36. The summed E-state index contributed by atoms with van der Waals surface area (Å²) in [5, 5.41) is 5.37. The van der Waals surface area contributed by atoms with Gasteiger partial charge < -0.3 is 0 Å². The van der Waals surface area contributed by atoms with Crippen LogP contribution in [-0.4, -0.2) is 9.52 Å². The molecule has 2 heteroatoms. The normalized spacial score (nSPS) is 10.8. The third kappa shape index (κ3) is 8.80. The molecule has 0 atom stereocenters. The molecule has 0 heterocycles. The second-order valence-electron chi connectivity index (χ2n) is 13.8. The van der Waals surface area contributed by atoms with Crippen LogP contribution in [0.1, 0.15) is 50.7 Å². The summed E-state index contributed by atoms with van der Waals surface area (Å²) in [6.45, 7) is 13.3. The van der Waals surface area contributed by atoms with E-state index in [1.54, 1.807) is 0 Å². The van der Waals surface area contributed by atoms with E-state index in [-0.39, 0.29) is 26.2 Å². The van der Waals surface area contributed by atoms with E-state index < -0.39 is 0 Å². The predicted octanol–water partition coefficient (Wildman–Crippen LogP) is 14.8. The van der Waals surface area contributed by atoms with Gasteiger partial charge in [-0.1, -0.05) is 173 Å². The Kier molecular flexibility index (Phi) is 13.8. The van der Waals surface area contributed by atoms with Crippen molar-refractivity contribution in [3.63, 3.8) is 0 Å². The van der Waals surface area contributed by atoms with Crippen molar-refractivity contribution in [3.8, 4) is 44.5 Å². The Balaban J connectivity index is 0.000000184. The fraction of sp³-hybridized carbons (Fsp3) is 0.160. The van der Waals surface area contributed by atoms with E-state index in [0.717, 1.165) is 9.52 Å². The van der Waals surface area contributed by atoms with Crippen molar-refractivity contribution in [2.45, 2.75) is 52.6 Å². The minimum Gasteiger partial charge on any atom is -0.164 e. The fourth-order valence-electron chi connectivity index (χ4n) is 6.83. The molecule has 0 saturated carbocycles. The molecule has 0 fully saturated rings. The van der Waals surface area contributed by atoms with E-state index in [9.17, 15) is 0 Å². The molecule has 0 saturated heterocycles. The summed E-state index contributed by atoms with van der Waals surface area (Å²) in [6.07, 6.45) is 0. The zero-order valence-electron chi connectivity index (χ0n) is 31.3. The summed E-state index contributed by atoms with van der Waals surface area (Å²) < 4.78 is 0. The Hall–Kier alpha value is -4.36. The van der Waals surface area contributed by atoms with Gasteiger partial charge in [-0.25, -0.2) is 0 Å². The van der Waals surface area contributed by atoms with Crippen LogP contribution in [0.15, 0.2) is 170 Å². The van der Waals surface area contributed by atoms with Gasteiger partial charge in [-0.3, -0.25) is 0 Å². The second kappa shape index (κ2) is 18.4. The SMILES string of the molecule is CC(C)c1cc2c(-c3ccccc3-c3ccccc3)cccc2[cH-]1.CC(C)c1cc2c(-c3ccccc3-c3ccccc3)cccc2[cH-]1.C[Si]C.[Zr+2]. The maximum atomic E-state index is 2.36. The van der Waals surface area contributed by atoms with Gasteiger partial charge in [0.1, 0.15) is 0 Å². The molecule has 0 nitrogen and oxygen atoms in total. The van der Waals surface area contributed by atoms with Gasteiger partial charge in [0.25, 0.3) is 0 Å². The molecular formula is C50H48SiZr. The first kappa shape index (κ1) is 38.9. The first-order valence-corrected chi connectivity index (χ1v) is 20.2. The van der Waals surface area contributed by atoms with E-state index in [4.69, 9.17) is 0 Å². The average Bonchev–Trinajstić information content (AvgIpc) is 3.82. The van der Waals surface area contributed by atoms with Gasteiger partial charge in [-0.15, -0.1) is 69.1 Å². The number of rotatable bonds is 6. The molecule has 0 aromatic heterocycles. The standard InChI is InChI=1S/2C24H21.C2H6Si.Zr/c2*1-17(2)20-15-19-11-8-14-23(24(19)16-20)22-13-7-6-12-21(22)18-9-4-3-5-10-18;1-3-2;/h2*3-17H,1-2H3;1-2H3;/q2*-1;;+2. The molecule has 0 N–H and O–H groups in total. The molecule has 0 unspecified atom stereocenters. The molecule has 0 aliphatic heterocycles. The van der Waals surface area contributed by atoms with Gasteiger partial charge in [0.05, 0.1) is 0 Å². The molecular weight excluding hydrogens is 720 g/mol.